The first-order chi connectivity index (χ1) is 8.94. The molecule has 0 bridgehead atoms. The van der Waals surface area contributed by atoms with Crippen LogP contribution in [0.4, 0.5) is 4.39 Å². The number of nitrogens with zero attached hydrogens (tertiary/aromatic N) is 1. The van der Waals surface area contributed by atoms with Gasteiger partial charge in [-0.2, -0.15) is 4.31 Å². The second-order valence-electron chi connectivity index (χ2n) is 4.10. The molecular formula is C11H13FN2O4S. The zero-order chi connectivity index (χ0) is 14.0. The number of carbonyl (C=O) groups is 1. The molecule has 1 heterocycles. The highest BCUT2D eigenvalue weighted by Crippen LogP contribution is 2.21. The third kappa shape index (κ3) is 2.60. The molecule has 104 valence electrons. The van der Waals surface area contributed by atoms with Gasteiger partial charge in [0.05, 0.1) is 0 Å². The topological polar surface area (TPSA) is 86.7 Å². The molecule has 1 aliphatic heterocycles. The van der Waals surface area contributed by atoms with E-state index >= 15 is 0 Å². The van der Waals surface area contributed by atoms with Crippen molar-refractivity contribution in [3.63, 3.8) is 0 Å². The number of sulfonamides is 1. The molecule has 1 aliphatic rings. The van der Waals surface area contributed by atoms with E-state index in [0.717, 1.165) is 16.4 Å². The Morgan fingerprint density at radius 2 is 2.11 bits per heavy atom. The second-order valence-corrected chi connectivity index (χ2v) is 5.96. The van der Waals surface area contributed by atoms with Gasteiger partial charge in [-0.25, -0.2) is 12.8 Å². The van der Waals surface area contributed by atoms with E-state index in [0.29, 0.717) is 6.54 Å². The summed E-state index contributed by atoms with van der Waals surface area (Å²) in [5, 5.41) is 11.9. The minimum Gasteiger partial charge on any atom is -0.480 e. The van der Waals surface area contributed by atoms with Gasteiger partial charge < -0.3 is 10.4 Å². The molecule has 0 aromatic heterocycles. The van der Waals surface area contributed by atoms with Crippen LogP contribution < -0.4 is 5.32 Å². The Kier molecular flexibility index (Phi) is 3.83. The lowest BCUT2D eigenvalue weighted by Crippen LogP contribution is -2.56. The quantitative estimate of drug-likeness (QED) is 0.809. The van der Waals surface area contributed by atoms with Crippen LogP contribution in [0.5, 0.6) is 0 Å². The number of carboxylic acids is 1. The minimum atomic E-state index is -4.15. The molecule has 0 saturated carbocycles. The molecule has 1 aromatic rings. The first-order valence-electron chi connectivity index (χ1n) is 5.64. The lowest BCUT2D eigenvalue weighted by Gasteiger charge is -2.32. The van der Waals surface area contributed by atoms with E-state index in [2.05, 4.69) is 5.32 Å². The summed E-state index contributed by atoms with van der Waals surface area (Å²) in [6, 6.07) is 3.71. The van der Waals surface area contributed by atoms with Gasteiger partial charge in [-0.15, -0.1) is 0 Å². The third-order valence-corrected chi connectivity index (χ3v) is 4.84. The van der Waals surface area contributed by atoms with Crippen molar-refractivity contribution < 1.29 is 22.7 Å². The third-order valence-electron chi connectivity index (χ3n) is 2.90. The minimum absolute atomic E-state index is 0.00299. The van der Waals surface area contributed by atoms with Crippen molar-refractivity contribution in [1.29, 1.82) is 0 Å². The maximum absolute atomic E-state index is 13.6. The Hall–Kier alpha value is -1.51. The number of benzene rings is 1. The number of rotatable bonds is 3. The van der Waals surface area contributed by atoms with Crippen LogP contribution in [0.2, 0.25) is 0 Å². The van der Waals surface area contributed by atoms with Gasteiger partial charge in [-0.3, -0.25) is 4.79 Å². The van der Waals surface area contributed by atoms with Crippen LogP contribution in [0.3, 0.4) is 0 Å². The molecule has 6 nitrogen and oxygen atoms in total. The van der Waals surface area contributed by atoms with Gasteiger partial charge >= 0.3 is 5.97 Å². The van der Waals surface area contributed by atoms with Crippen LogP contribution in [0.1, 0.15) is 0 Å². The Morgan fingerprint density at radius 3 is 2.74 bits per heavy atom. The standard InChI is InChI=1S/C11H13FN2O4S/c12-8-3-1-2-4-10(8)19(17,18)14-6-5-13-7-9(14)11(15)16/h1-4,9,13H,5-7H2,(H,15,16). The summed E-state index contributed by atoms with van der Waals surface area (Å²) in [5.74, 6) is -2.14. The average Bonchev–Trinajstić information content (AvgIpc) is 2.39. The monoisotopic (exact) mass is 288 g/mol. The van der Waals surface area contributed by atoms with Gasteiger partial charge in [0.2, 0.25) is 10.0 Å². The van der Waals surface area contributed by atoms with E-state index in [1.54, 1.807) is 0 Å². The molecule has 2 rings (SSSR count). The lowest BCUT2D eigenvalue weighted by atomic mass is 10.2. The van der Waals surface area contributed by atoms with Crippen molar-refractivity contribution in [3.8, 4) is 0 Å². The molecule has 8 heteroatoms. The van der Waals surface area contributed by atoms with Gasteiger partial charge in [0, 0.05) is 19.6 Å². The molecule has 1 saturated heterocycles. The Labute approximate surface area is 109 Å². The predicted molar refractivity (Wildman–Crippen MR) is 64.6 cm³/mol. The first kappa shape index (κ1) is 13.9. The van der Waals surface area contributed by atoms with Crippen molar-refractivity contribution in [1.82, 2.24) is 9.62 Å². The molecule has 2 N–H and O–H groups in total. The SMILES string of the molecule is O=C(O)C1CNCCN1S(=O)(=O)c1ccccc1F. The molecule has 1 unspecified atom stereocenters. The summed E-state index contributed by atoms with van der Waals surface area (Å²) in [4.78, 5) is 10.6. The lowest BCUT2D eigenvalue weighted by molar-refractivity contribution is -0.141. The number of hydrogen-bond donors (Lipinski definition) is 2. The summed E-state index contributed by atoms with van der Waals surface area (Å²) >= 11 is 0. The zero-order valence-corrected chi connectivity index (χ0v) is 10.7. The van der Waals surface area contributed by atoms with E-state index < -0.39 is 32.7 Å². The summed E-state index contributed by atoms with van der Waals surface area (Å²) in [5.41, 5.74) is 0. The highest BCUT2D eigenvalue weighted by molar-refractivity contribution is 7.89. The fourth-order valence-electron chi connectivity index (χ4n) is 1.96. The smallest absolute Gasteiger partial charge is 0.323 e. The zero-order valence-electron chi connectivity index (χ0n) is 9.91. The van der Waals surface area contributed by atoms with Gasteiger partial charge in [0.25, 0.3) is 0 Å². The van der Waals surface area contributed by atoms with Crippen molar-refractivity contribution in [2.24, 2.45) is 0 Å². The van der Waals surface area contributed by atoms with E-state index in [-0.39, 0.29) is 13.1 Å². The molecule has 0 amide bonds. The number of hydrogen-bond acceptors (Lipinski definition) is 4. The first-order valence-corrected chi connectivity index (χ1v) is 7.08. The van der Waals surface area contributed by atoms with Crippen LogP contribution in [-0.4, -0.2) is 49.5 Å². The fraction of sp³-hybridized carbons (Fsp3) is 0.364. The van der Waals surface area contributed by atoms with Gasteiger partial charge in [0.1, 0.15) is 16.8 Å². The van der Waals surface area contributed by atoms with Crippen molar-refractivity contribution in [3.05, 3.63) is 30.1 Å². The number of piperazine rings is 1. The fourth-order valence-corrected chi connectivity index (χ4v) is 3.61. The van der Waals surface area contributed by atoms with E-state index in [9.17, 15) is 17.6 Å². The van der Waals surface area contributed by atoms with Crippen molar-refractivity contribution >= 4 is 16.0 Å². The largest absolute Gasteiger partial charge is 0.480 e. The summed E-state index contributed by atoms with van der Waals surface area (Å²) in [7, 11) is -4.15. The maximum Gasteiger partial charge on any atom is 0.323 e. The molecular weight excluding hydrogens is 275 g/mol. The van der Waals surface area contributed by atoms with Crippen LogP contribution in [0.15, 0.2) is 29.2 Å². The van der Waals surface area contributed by atoms with Gasteiger partial charge in [-0.1, -0.05) is 12.1 Å². The highest BCUT2D eigenvalue weighted by Gasteiger charge is 2.38. The number of carboxylic acid groups (broad SMARTS) is 1. The predicted octanol–water partition coefficient (Wildman–Crippen LogP) is -0.127. The Morgan fingerprint density at radius 1 is 1.42 bits per heavy atom. The van der Waals surface area contributed by atoms with Gasteiger partial charge in [-0.05, 0) is 12.1 Å². The number of aliphatic carboxylic acids is 1. The normalized spacial score (nSPS) is 21.2. The molecule has 0 radical (unpaired) electrons. The summed E-state index contributed by atoms with van der Waals surface area (Å²) in [6.45, 7) is 0.327. The van der Waals surface area contributed by atoms with E-state index in [1.165, 1.54) is 12.1 Å². The number of halogens is 1. The maximum atomic E-state index is 13.6. The Bertz CT molecular complexity index is 590. The molecule has 1 fully saturated rings. The molecule has 1 atom stereocenters. The Balaban J connectivity index is 2.43. The summed E-state index contributed by atoms with van der Waals surface area (Å²) < 4.78 is 39.1. The molecule has 0 spiro atoms. The van der Waals surface area contributed by atoms with Crippen LogP contribution >= 0.6 is 0 Å². The van der Waals surface area contributed by atoms with Gasteiger partial charge in [0.15, 0.2) is 0 Å². The van der Waals surface area contributed by atoms with E-state index in [1.807, 2.05) is 0 Å². The van der Waals surface area contributed by atoms with Crippen molar-refractivity contribution in [2.45, 2.75) is 10.9 Å². The average molecular weight is 288 g/mol. The van der Waals surface area contributed by atoms with E-state index in [4.69, 9.17) is 5.11 Å². The van der Waals surface area contributed by atoms with Crippen molar-refractivity contribution in [2.75, 3.05) is 19.6 Å². The highest BCUT2D eigenvalue weighted by atomic mass is 32.2. The molecule has 1 aromatic carbocycles. The molecule has 19 heavy (non-hydrogen) atoms. The summed E-state index contributed by atoms with van der Waals surface area (Å²) in [6.07, 6.45) is 0. The second kappa shape index (κ2) is 5.24. The number of nitrogens with one attached hydrogen (secondary N) is 1. The van der Waals surface area contributed by atoms with Crippen LogP contribution in [0.25, 0.3) is 0 Å². The van der Waals surface area contributed by atoms with Crippen LogP contribution in [-0.2, 0) is 14.8 Å². The molecule has 0 aliphatic carbocycles. The van der Waals surface area contributed by atoms with Crippen LogP contribution in [0, 0.1) is 5.82 Å².